The largest absolute Gasteiger partial charge is 0.458 e. The van der Waals surface area contributed by atoms with Gasteiger partial charge in [-0.1, -0.05) is 43.3 Å². The van der Waals surface area contributed by atoms with E-state index in [2.05, 4.69) is 26.0 Å². The minimum atomic E-state index is -0.341. The van der Waals surface area contributed by atoms with Crippen molar-refractivity contribution in [2.24, 2.45) is 40.4 Å². The highest BCUT2D eigenvalue weighted by Crippen LogP contribution is 2.78. The van der Waals surface area contributed by atoms with Crippen LogP contribution in [0.3, 0.4) is 0 Å². The summed E-state index contributed by atoms with van der Waals surface area (Å²) in [6, 6.07) is 0. The van der Waals surface area contributed by atoms with Crippen molar-refractivity contribution in [3.63, 3.8) is 0 Å². The van der Waals surface area contributed by atoms with Crippen molar-refractivity contribution in [3.8, 4) is 0 Å². The minimum absolute atomic E-state index is 0.00323. The third kappa shape index (κ3) is 2.23. The molecular formula is C25H30O4S. The lowest BCUT2D eigenvalue weighted by atomic mass is 9.47. The third-order valence-electron chi connectivity index (χ3n) is 9.84. The van der Waals surface area contributed by atoms with Crippen molar-refractivity contribution in [1.82, 2.24) is 0 Å². The fourth-order valence-corrected chi connectivity index (χ4v) is 9.72. The van der Waals surface area contributed by atoms with E-state index in [1.54, 1.807) is 6.92 Å². The van der Waals surface area contributed by atoms with E-state index in [1.165, 1.54) is 17.3 Å². The van der Waals surface area contributed by atoms with E-state index >= 15 is 0 Å². The highest BCUT2D eigenvalue weighted by atomic mass is 32.2. The molecule has 1 spiro atoms. The summed E-state index contributed by atoms with van der Waals surface area (Å²) in [6.07, 6.45) is 11.6. The van der Waals surface area contributed by atoms with Gasteiger partial charge in [0, 0.05) is 36.3 Å². The molecule has 1 heterocycles. The van der Waals surface area contributed by atoms with Crippen LogP contribution in [0.5, 0.6) is 0 Å². The van der Waals surface area contributed by atoms with Crippen molar-refractivity contribution in [1.29, 1.82) is 0 Å². The number of ether oxygens (including phenoxy) is 1. The third-order valence-corrected chi connectivity index (χ3v) is 11.0. The van der Waals surface area contributed by atoms with Gasteiger partial charge in [-0.25, -0.2) is 0 Å². The van der Waals surface area contributed by atoms with Crippen molar-refractivity contribution < 1.29 is 19.1 Å². The molecule has 4 nitrogen and oxygen atoms in total. The predicted octanol–water partition coefficient (Wildman–Crippen LogP) is 4.48. The number of hydrogen-bond donors (Lipinski definition) is 0. The number of rotatable bonds is 1. The monoisotopic (exact) mass is 426 g/mol. The Morgan fingerprint density at radius 3 is 2.70 bits per heavy atom. The molecule has 5 aliphatic carbocycles. The summed E-state index contributed by atoms with van der Waals surface area (Å²) in [4.78, 5) is 36.7. The van der Waals surface area contributed by atoms with Gasteiger partial charge in [0.1, 0.15) is 5.60 Å². The van der Waals surface area contributed by atoms with E-state index in [0.717, 1.165) is 25.7 Å². The van der Waals surface area contributed by atoms with E-state index in [0.29, 0.717) is 42.4 Å². The standard InChI is InChI=1S/C25H30O4S/c1-13(26)30-19-11-14-10-15(27)4-7-23(14,2)17-5-8-24(3)22(21(17)19)16-12-18(16)25(24)9-6-20(28)29-25/h5,8,10,16-19,21-22H,4,6-7,9,11-12H2,1-3H3/t16?,17?,18?,19-,21?,22?,23?,24?,25+/m1/s1. The van der Waals surface area contributed by atoms with Gasteiger partial charge in [0.25, 0.3) is 0 Å². The Labute approximate surface area is 182 Å². The molecule has 0 aromatic heterocycles. The van der Waals surface area contributed by atoms with E-state index in [1.807, 2.05) is 6.08 Å². The molecule has 6 aliphatic rings. The SMILES string of the molecule is CC(=O)S[C@@H]1CC2=CC(=O)CCC2(C)C2C=CC3(C)C(C4CC4[C@@]34CCC(=O)O4)C21. The van der Waals surface area contributed by atoms with Gasteiger partial charge in [0.05, 0.1) is 0 Å². The van der Waals surface area contributed by atoms with E-state index < -0.39 is 0 Å². The van der Waals surface area contributed by atoms with E-state index in [4.69, 9.17) is 4.74 Å². The summed E-state index contributed by atoms with van der Waals surface area (Å²) in [5.41, 5.74) is 0.758. The van der Waals surface area contributed by atoms with Crippen molar-refractivity contribution in [2.45, 2.75) is 70.1 Å². The fraction of sp³-hybridized carbons (Fsp3) is 0.720. The molecule has 160 valence electrons. The Hall–Kier alpha value is -1.36. The molecule has 9 atom stereocenters. The van der Waals surface area contributed by atoms with Crippen LogP contribution in [0.25, 0.3) is 0 Å². The number of thioether (sulfide) groups is 1. The first kappa shape index (κ1) is 19.3. The second kappa shape index (κ2) is 5.90. The summed E-state index contributed by atoms with van der Waals surface area (Å²) in [5.74, 6) is 2.43. The highest BCUT2D eigenvalue weighted by Gasteiger charge is 2.78. The first-order valence-corrected chi connectivity index (χ1v) is 12.4. The smallest absolute Gasteiger partial charge is 0.306 e. The Bertz CT molecular complexity index is 935. The molecule has 4 fully saturated rings. The van der Waals surface area contributed by atoms with Gasteiger partial charge in [-0.15, -0.1) is 0 Å². The lowest BCUT2D eigenvalue weighted by Crippen LogP contribution is -2.57. The zero-order chi connectivity index (χ0) is 21.1. The van der Waals surface area contributed by atoms with Gasteiger partial charge in [-0.3, -0.25) is 14.4 Å². The second-order valence-corrected chi connectivity index (χ2v) is 12.5. The highest BCUT2D eigenvalue weighted by molar-refractivity contribution is 8.14. The molecule has 1 saturated heterocycles. The molecule has 0 radical (unpaired) electrons. The summed E-state index contributed by atoms with van der Waals surface area (Å²) in [6.45, 7) is 6.33. The molecule has 0 amide bonds. The van der Waals surface area contributed by atoms with E-state index in [-0.39, 0.29) is 38.5 Å². The van der Waals surface area contributed by atoms with Crippen molar-refractivity contribution in [2.75, 3.05) is 0 Å². The van der Waals surface area contributed by atoms with Crippen LogP contribution in [-0.4, -0.2) is 27.7 Å². The number of hydrogen-bond acceptors (Lipinski definition) is 5. The number of esters is 1. The molecule has 0 aromatic rings. The molecular weight excluding hydrogens is 396 g/mol. The second-order valence-electron chi connectivity index (χ2n) is 11.0. The van der Waals surface area contributed by atoms with Crippen LogP contribution in [-0.2, 0) is 19.1 Å². The first-order valence-electron chi connectivity index (χ1n) is 11.5. The number of allylic oxidation sites excluding steroid dienone is 3. The van der Waals surface area contributed by atoms with Crippen LogP contribution in [0.2, 0.25) is 0 Å². The maximum atomic E-state index is 12.2. The topological polar surface area (TPSA) is 60.4 Å². The number of carbonyl (C=O) groups excluding carboxylic acids is 3. The molecule has 0 aromatic carbocycles. The predicted molar refractivity (Wildman–Crippen MR) is 114 cm³/mol. The molecule has 30 heavy (non-hydrogen) atoms. The van der Waals surface area contributed by atoms with Crippen LogP contribution in [0.15, 0.2) is 23.8 Å². The quantitative estimate of drug-likeness (QED) is 0.457. The van der Waals surface area contributed by atoms with Crippen LogP contribution >= 0.6 is 11.8 Å². The molecule has 0 bridgehead atoms. The molecule has 6 rings (SSSR count). The summed E-state index contributed by atoms with van der Waals surface area (Å²) < 4.78 is 6.16. The Morgan fingerprint density at radius 2 is 2.00 bits per heavy atom. The number of fused-ring (bicyclic) bond motifs is 9. The van der Waals surface area contributed by atoms with Crippen LogP contribution < -0.4 is 0 Å². The van der Waals surface area contributed by atoms with Gasteiger partial charge in [0.2, 0.25) is 0 Å². The zero-order valence-corrected chi connectivity index (χ0v) is 18.8. The molecule has 7 unspecified atom stereocenters. The van der Waals surface area contributed by atoms with Crippen LogP contribution in [0.4, 0.5) is 0 Å². The molecule has 1 aliphatic heterocycles. The zero-order valence-electron chi connectivity index (χ0n) is 18.0. The Morgan fingerprint density at radius 1 is 1.20 bits per heavy atom. The van der Waals surface area contributed by atoms with Crippen molar-refractivity contribution in [3.05, 3.63) is 23.8 Å². The number of carbonyl (C=O) groups is 3. The van der Waals surface area contributed by atoms with E-state index in [9.17, 15) is 14.4 Å². The Balaban J connectivity index is 1.49. The van der Waals surface area contributed by atoms with Gasteiger partial charge in [-0.05, 0) is 60.8 Å². The molecule has 3 saturated carbocycles. The van der Waals surface area contributed by atoms with Gasteiger partial charge in [-0.2, -0.15) is 0 Å². The van der Waals surface area contributed by atoms with Gasteiger partial charge < -0.3 is 4.74 Å². The normalized spacial score (nSPS) is 52.8. The fourth-order valence-electron chi connectivity index (χ4n) is 8.53. The number of ketones is 1. The lowest BCUT2D eigenvalue weighted by molar-refractivity contribution is -0.161. The van der Waals surface area contributed by atoms with Crippen LogP contribution in [0, 0.1) is 40.4 Å². The molecule has 0 N–H and O–H groups in total. The van der Waals surface area contributed by atoms with Crippen LogP contribution in [0.1, 0.15) is 59.3 Å². The maximum absolute atomic E-state index is 12.2. The average Bonchev–Trinajstić information content (AvgIpc) is 3.31. The maximum Gasteiger partial charge on any atom is 0.306 e. The summed E-state index contributed by atoms with van der Waals surface area (Å²) in [5, 5.41) is 0.356. The first-order chi connectivity index (χ1) is 14.2. The van der Waals surface area contributed by atoms with Crippen molar-refractivity contribution >= 4 is 28.6 Å². The lowest BCUT2D eigenvalue weighted by Gasteiger charge is -2.59. The summed E-state index contributed by atoms with van der Waals surface area (Å²) >= 11 is 1.48. The van der Waals surface area contributed by atoms with Gasteiger partial charge >= 0.3 is 5.97 Å². The summed E-state index contributed by atoms with van der Waals surface area (Å²) in [7, 11) is 0. The minimum Gasteiger partial charge on any atom is -0.458 e. The van der Waals surface area contributed by atoms with Gasteiger partial charge in [0.15, 0.2) is 10.9 Å². The molecule has 5 heteroatoms. The average molecular weight is 427 g/mol. The Kier molecular flexibility index (Phi) is 3.81.